The second-order valence-corrected chi connectivity index (χ2v) is 6.03. The van der Waals surface area contributed by atoms with Crippen LogP contribution in [0.4, 0.5) is 0 Å². The molecule has 2 aromatic rings. The van der Waals surface area contributed by atoms with Gasteiger partial charge in [0.05, 0.1) is 17.8 Å². The monoisotopic (exact) mass is 285 g/mol. The van der Waals surface area contributed by atoms with Crippen molar-refractivity contribution in [1.82, 2.24) is 14.8 Å². The molecule has 1 saturated carbocycles. The molecule has 3 rings (SSSR count). The van der Waals surface area contributed by atoms with E-state index in [0.29, 0.717) is 12.5 Å². The Morgan fingerprint density at radius 2 is 2.05 bits per heavy atom. The number of rotatable bonds is 4. The van der Waals surface area contributed by atoms with Crippen molar-refractivity contribution in [2.24, 2.45) is 0 Å². The minimum Gasteiger partial charge on any atom is -0.388 e. The molecule has 2 aromatic heterocycles. The molecule has 4 heteroatoms. The standard InChI is InChI=1S/C17H23N3O/c1-13-7-8-14(12-18-13)17(21)11-15-9-10-20(19-15)16-5-3-2-4-6-16/h7-10,12,16-17,21H,2-6,11H2,1H3. The molecule has 0 spiro atoms. The maximum atomic E-state index is 10.3. The van der Waals surface area contributed by atoms with Crippen LogP contribution in [0.3, 0.4) is 0 Å². The largest absolute Gasteiger partial charge is 0.388 e. The van der Waals surface area contributed by atoms with Gasteiger partial charge in [-0.15, -0.1) is 0 Å². The van der Waals surface area contributed by atoms with Gasteiger partial charge in [-0.05, 0) is 37.5 Å². The molecule has 2 heterocycles. The molecule has 112 valence electrons. The summed E-state index contributed by atoms with van der Waals surface area (Å²) < 4.78 is 2.09. The molecule has 0 aromatic carbocycles. The summed E-state index contributed by atoms with van der Waals surface area (Å²) in [5.41, 5.74) is 2.77. The van der Waals surface area contributed by atoms with Gasteiger partial charge in [-0.25, -0.2) is 0 Å². The van der Waals surface area contributed by atoms with Crippen LogP contribution in [0, 0.1) is 6.92 Å². The summed E-state index contributed by atoms with van der Waals surface area (Å²) >= 11 is 0. The number of pyridine rings is 1. The van der Waals surface area contributed by atoms with Crippen LogP contribution in [0.2, 0.25) is 0 Å². The van der Waals surface area contributed by atoms with Crippen LogP contribution >= 0.6 is 0 Å². The zero-order valence-electron chi connectivity index (χ0n) is 12.6. The molecule has 0 radical (unpaired) electrons. The number of hydrogen-bond donors (Lipinski definition) is 1. The van der Waals surface area contributed by atoms with E-state index >= 15 is 0 Å². The van der Waals surface area contributed by atoms with E-state index in [1.807, 2.05) is 25.1 Å². The molecule has 1 aliphatic carbocycles. The Hall–Kier alpha value is -1.68. The average molecular weight is 285 g/mol. The summed E-state index contributed by atoms with van der Waals surface area (Å²) in [6.07, 6.45) is 10.2. The summed E-state index contributed by atoms with van der Waals surface area (Å²) in [5, 5.41) is 14.9. The van der Waals surface area contributed by atoms with E-state index in [0.717, 1.165) is 17.0 Å². The second-order valence-electron chi connectivity index (χ2n) is 6.03. The zero-order chi connectivity index (χ0) is 14.7. The number of aromatic nitrogens is 3. The molecular weight excluding hydrogens is 262 g/mol. The third-order valence-corrected chi connectivity index (χ3v) is 4.33. The fourth-order valence-corrected chi connectivity index (χ4v) is 3.03. The quantitative estimate of drug-likeness (QED) is 0.937. The molecule has 0 saturated heterocycles. The van der Waals surface area contributed by atoms with E-state index in [1.54, 1.807) is 6.20 Å². The molecule has 1 aliphatic rings. The highest BCUT2D eigenvalue weighted by atomic mass is 16.3. The van der Waals surface area contributed by atoms with Crippen molar-refractivity contribution in [3.63, 3.8) is 0 Å². The topological polar surface area (TPSA) is 50.9 Å². The summed E-state index contributed by atoms with van der Waals surface area (Å²) in [4.78, 5) is 4.23. The van der Waals surface area contributed by atoms with Gasteiger partial charge < -0.3 is 5.11 Å². The van der Waals surface area contributed by atoms with Crippen molar-refractivity contribution < 1.29 is 5.11 Å². The van der Waals surface area contributed by atoms with Crippen LogP contribution in [0.5, 0.6) is 0 Å². The lowest BCUT2D eigenvalue weighted by molar-refractivity contribution is 0.176. The molecule has 21 heavy (non-hydrogen) atoms. The first-order chi connectivity index (χ1) is 10.2. The predicted molar refractivity (Wildman–Crippen MR) is 82.0 cm³/mol. The summed E-state index contributed by atoms with van der Waals surface area (Å²) in [6.45, 7) is 1.95. The second kappa shape index (κ2) is 6.39. The van der Waals surface area contributed by atoms with E-state index < -0.39 is 6.10 Å². The van der Waals surface area contributed by atoms with E-state index in [4.69, 9.17) is 0 Å². The lowest BCUT2D eigenvalue weighted by Crippen LogP contribution is -2.13. The first-order valence-corrected chi connectivity index (χ1v) is 7.87. The van der Waals surface area contributed by atoms with Crippen LogP contribution in [0.25, 0.3) is 0 Å². The van der Waals surface area contributed by atoms with Crippen LogP contribution in [0.1, 0.15) is 61.2 Å². The van der Waals surface area contributed by atoms with Crippen molar-refractivity contribution in [1.29, 1.82) is 0 Å². The number of aryl methyl sites for hydroxylation is 1. The first kappa shape index (κ1) is 14.3. The predicted octanol–water partition coefficient (Wildman–Crippen LogP) is 3.37. The lowest BCUT2D eigenvalue weighted by Gasteiger charge is -2.21. The minimum absolute atomic E-state index is 0.534. The number of nitrogens with zero attached hydrogens (tertiary/aromatic N) is 3. The third-order valence-electron chi connectivity index (χ3n) is 4.33. The fraction of sp³-hybridized carbons (Fsp3) is 0.529. The molecule has 1 unspecified atom stereocenters. The van der Waals surface area contributed by atoms with E-state index in [1.165, 1.54) is 32.1 Å². The highest BCUT2D eigenvalue weighted by Crippen LogP contribution is 2.27. The maximum absolute atomic E-state index is 10.3. The van der Waals surface area contributed by atoms with Crippen molar-refractivity contribution in [2.75, 3.05) is 0 Å². The van der Waals surface area contributed by atoms with Gasteiger partial charge >= 0.3 is 0 Å². The lowest BCUT2D eigenvalue weighted by atomic mass is 9.96. The van der Waals surface area contributed by atoms with Crippen molar-refractivity contribution in [2.45, 2.75) is 57.6 Å². The summed E-state index contributed by atoms with van der Waals surface area (Å²) in [5.74, 6) is 0. The fourth-order valence-electron chi connectivity index (χ4n) is 3.03. The molecule has 1 N–H and O–H groups in total. The molecule has 0 bridgehead atoms. The maximum Gasteiger partial charge on any atom is 0.0861 e. The van der Waals surface area contributed by atoms with Gasteiger partial charge in [0.2, 0.25) is 0 Å². The number of aliphatic hydroxyl groups is 1. The van der Waals surface area contributed by atoms with Crippen LogP contribution < -0.4 is 0 Å². The van der Waals surface area contributed by atoms with Crippen molar-refractivity contribution >= 4 is 0 Å². The minimum atomic E-state index is -0.534. The Bertz CT molecular complexity index is 570. The Labute approximate surface area is 125 Å². The molecule has 0 aliphatic heterocycles. The Balaban J connectivity index is 1.64. The summed E-state index contributed by atoms with van der Waals surface area (Å²) in [6, 6.07) is 6.44. The Morgan fingerprint density at radius 3 is 2.76 bits per heavy atom. The van der Waals surface area contributed by atoms with Crippen molar-refractivity contribution in [3.8, 4) is 0 Å². The smallest absolute Gasteiger partial charge is 0.0861 e. The normalized spacial score (nSPS) is 17.8. The third kappa shape index (κ3) is 3.50. The molecule has 0 amide bonds. The van der Waals surface area contributed by atoms with Crippen LogP contribution in [-0.2, 0) is 6.42 Å². The van der Waals surface area contributed by atoms with Gasteiger partial charge in [0.25, 0.3) is 0 Å². The van der Waals surface area contributed by atoms with Gasteiger partial charge in [0.15, 0.2) is 0 Å². The highest BCUT2D eigenvalue weighted by molar-refractivity contribution is 5.17. The molecule has 4 nitrogen and oxygen atoms in total. The van der Waals surface area contributed by atoms with Crippen LogP contribution in [0.15, 0.2) is 30.6 Å². The van der Waals surface area contributed by atoms with E-state index in [9.17, 15) is 5.11 Å². The van der Waals surface area contributed by atoms with E-state index in [-0.39, 0.29) is 0 Å². The SMILES string of the molecule is Cc1ccc(C(O)Cc2ccn(C3CCCCC3)n2)cn1. The molecular formula is C17H23N3O. The number of hydrogen-bond acceptors (Lipinski definition) is 3. The average Bonchev–Trinajstić information content (AvgIpc) is 2.97. The Morgan fingerprint density at radius 1 is 1.24 bits per heavy atom. The highest BCUT2D eigenvalue weighted by Gasteiger charge is 2.17. The van der Waals surface area contributed by atoms with Gasteiger partial charge in [-0.1, -0.05) is 25.3 Å². The first-order valence-electron chi connectivity index (χ1n) is 7.87. The van der Waals surface area contributed by atoms with Crippen LogP contribution in [-0.4, -0.2) is 19.9 Å². The van der Waals surface area contributed by atoms with Gasteiger partial charge in [0, 0.05) is 24.5 Å². The van der Waals surface area contributed by atoms with Gasteiger partial charge in [-0.3, -0.25) is 9.67 Å². The Kier molecular flexibility index (Phi) is 4.34. The van der Waals surface area contributed by atoms with E-state index in [2.05, 4.69) is 21.0 Å². The molecule has 1 atom stereocenters. The van der Waals surface area contributed by atoms with Gasteiger partial charge in [-0.2, -0.15) is 5.10 Å². The summed E-state index contributed by atoms with van der Waals surface area (Å²) in [7, 11) is 0. The molecule has 1 fully saturated rings. The van der Waals surface area contributed by atoms with Gasteiger partial charge in [0.1, 0.15) is 0 Å². The zero-order valence-corrected chi connectivity index (χ0v) is 12.6. The number of aliphatic hydroxyl groups excluding tert-OH is 1. The van der Waals surface area contributed by atoms with Crippen molar-refractivity contribution in [3.05, 3.63) is 47.5 Å².